The lowest BCUT2D eigenvalue weighted by molar-refractivity contribution is -0.147. The predicted molar refractivity (Wildman–Crippen MR) is 98.5 cm³/mol. The number of hydrogen-bond donors (Lipinski definition) is 1. The Morgan fingerprint density at radius 2 is 2.15 bits per heavy atom. The highest BCUT2D eigenvalue weighted by molar-refractivity contribution is 7.13. The standard InChI is InChI=1S/C18H17N3O5S/c1-24-13-5-2-4-12(10-13)19-15(22)11-25-17(23)8-7-16-20-18(21-26-16)14-6-3-9-27-14/h2-6,9-10H,7-8,11H2,1H3,(H,19,22). The number of methoxy groups -OCH3 is 1. The molecule has 0 bridgehead atoms. The molecule has 27 heavy (non-hydrogen) atoms. The molecular weight excluding hydrogens is 370 g/mol. The van der Waals surface area contributed by atoms with Crippen molar-refractivity contribution in [2.45, 2.75) is 12.8 Å². The van der Waals surface area contributed by atoms with Crippen LogP contribution < -0.4 is 10.1 Å². The second-order valence-corrected chi connectivity index (χ2v) is 6.38. The zero-order valence-corrected chi connectivity index (χ0v) is 15.3. The molecule has 1 amide bonds. The van der Waals surface area contributed by atoms with E-state index < -0.39 is 11.9 Å². The van der Waals surface area contributed by atoms with Crippen LogP contribution in [0.15, 0.2) is 46.3 Å². The fourth-order valence-corrected chi connectivity index (χ4v) is 2.84. The number of carbonyl (C=O) groups is 2. The number of carbonyl (C=O) groups excluding carboxylic acids is 2. The minimum atomic E-state index is -0.522. The van der Waals surface area contributed by atoms with Crippen LogP contribution in [0.3, 0.4) is 0 Å². The van der Waals surface area contributed by atoms with E-state index in [1.807, 2.05) is 17.5 Å². The molecule has 0 atom stereocenters. The molecule has 0 saturated heterocycles. The minimum absolute atomic E-state index is 0.0402. The van der Waals surface area contributed by atoms with Crippen molar-refractivity contribution in [1.29, 1.82) is 0 Å². The predicted octanol–water partition coefficient (Wildman–Crippen LogP) is 2.92. The molecule has 1 N–H and O–H groups in total. The quantitative estimate of drug-likeness (QED) is 0.593. The molecule has 8 nitrogen and oxygen atoms in total. The zero-order valence-electron chi connectivity index (χ0n) is 14.5. The second kappa shape index (κ2) is 8.95. The number of rotatable bonds is 8. The Labute approximate surface area is 159 Å². The van der Waals surface area contributed by atoms with Crippen LogP contribution in [-0.2, 0) is 20.7 Å². The first kappa shape index (κ1) is 18.6. The maximum atomic E-state index is 11.9. The Balaban J connectivity index is 1.41. The van der Waals surface area contributed by atoms with Crippen molar-refractivity contribution in [3.05, 3.63) is 47.7 Å². The molecule has 3 aromatic rings. The third kappa shape index (κ3) is 5.38. The molecule has 0 fully saturated rings. The van der Waals surface area contributed by atoms with Gasteiger partial charge in [0.25, 0.3) is 5.91 Å². The Hall–Kier alpha value is -3.20. The smallest absolute Gasteiger partial charge is 0.306 e. The summed E-state index contributed by atoms with van der Waals surface area (Å²) in [4.78, 5) is 28.8. The summed E-state index contributed by atoms with van der Waals surface area (Å²) in [6.07, 6.45) is 0.285. The first-order valence-electron chi connectivity index (χ1n) is 8.10. The molecule has 2 heterocycles. The van der Waals surface area contributed by atoms with Gasteiger partial charge in [-0.1, -0.05) is 17.3 Å². The van der Waals surface area contributed by atoms with E-state index in [2.05, 4.69) is 15.5 Å². The van der Waals surface area contributed by atoms with Crippen molar-refractivity contribution < 1.29 is 23.6 Å². The van der Waals surface area contributed by atoms with Crippen molar-refractivity contribution in [3.8, 4) is 16.5 Å². The highest BCUT2D eigenvalue weighted by Crippen LogP contribution is 2.21. The highest BCUT2D eigenvalue weighted by Gasteiger charge is 2.13. The number of benzene rings is 1. The first-order valence-corrected chi connectivity index (χ1v) is 8.98. The summed E-state index contributed by atoms with van der Waals surface area (Å²) in [6.45, 7) is -0.375. The van der Waals surface area contributed by atoms with E-state index in [0.29, 0.717) is 23.2 Å². The van der Waals surface area contributed by atoms with E-state index in [-0.39, 0.29) is 19.4 Å². The molecule has 0 radical (unpaired) electrons. The maximum absolute atomic E-state index is 11.9. The van der Waals surface area contributed by atoms with Crippen LogP contribution in [0.2, 0.25) is 0 Å². The van der Waals surface area contributed by atoms with Gasteiger partial charge < -0.3 is 19.3 Å². The van der Waals surface area contributed by atoms with Gasteiger partial charge in [-0.05, 0) is 23.6 Å². The molecule has 1 aromatic carbocycles. The van der Waals surface area contributed by atoms with Crippen LogP contribution in [0, 0.1) is 0 Å². The number of aromatic nitrogens is 2. The molecule has 2 aromatic heterocycles. The Bertz CT molecular complexity index is 907. The summed E-state index contributed by atoms with van der Waals surface area (Å²) in [5.74, 6) is 0.495. The molecular formula is C18H17N3O5S. The number of aryl methyl sites for hydroxylation is 1. The van der Waals surface area contributed by atoms with E-state index in [1.165, 1.54) is 18.4 Å². The average molecular weight is 387 g/mol. The van der Waals surface area contributed by atoms with Gasteiger partial charge in [-0.15, -0.1) is 11.3 Å². The molecule has 140 valence electrons. The van der Waals surface area contributed by atoms with Crippen molar-refractivity contribution in [1.82, 2.24) is 10.1 Å². The lowest BCUT2D eigenvalue weighted by Gasteiger charge is -2.07. The van der Waals surface area contributed by atoms with Crippen LogP contribution in [0.1, 0.15) is 12.3 Å². The molecule has 0 saturated carbocycles. The van der Waals surface area contributed by atoms with E-state index in [1.54, 1.807) is 24.3 Å². The Morgan fingerprint density at radius 3 is 2.93 bits per heavy atom. The zero-order chi connectivity index (χ0) is 19.1. The van der Waals surface area contributed by atoms with Crippen LogP contribution in [-0.4, -0.2) is 35.7 Å². The molecule has 0 aliphatic rings. The van der Waals surface area contributed by atoms with E-state index >= 15 is 0 Å². The molecule has 0 aliphatic carbocycles. The van der Waals surface area contributed by atoms with Crippen LogP contribution in [0.5, 0.6) is 5.75 Å². The summed E-state index contributed by atoms with van der Waals surface area (Å²) >= 11 is 1.50. The summed E-state index contributed by atoms with van der Waals surface area (Å²) in [5, 5.41) is 8.41. The Kier molecular flexibility index (Phi) is 6.16. The van der Waals surface area contributed by atoms with E-state index in [0.717, 1.165) is 4.88 Å². The number of thiophene rings is 1. The van der Waals surface area contributed by atoms with Crippen molar-refractivity contribution in [3.63, 3.8) is 0 Å². The van der Waals surface area contributed by atoms with E-state index in [4.69, 9.17) is 14.0 Å². The average Bonchev–Trinajstić information content (AvgIpc) is 3.36. The van der Waals surface area contributed by atoms with Gasteiger partial charge in [0.1, 0.15) is 5.75 Å². The highest BCUT2D eigenvalue weighted by atomic mass is 32.1. The SMILES string of the molecule is COc1cccc(NC(=O)COC(=O)CCc2nc(-c3cccs3)no2)c1. The molecule has 3 rings (SSSR count). The fraction of sp³-hybridized carbons (Fsp3) is 0.222. The van der Waals surface area contributed by atoms with Crippen molar-refractivity contribution >= 4 is 28.9 Å². The third-order valence-corrected chi connectivity index (χ3v) is 4.34. The number of esters is 1. The van der Waals surface area contributed by atoms with Gasteiger partial charge in [0.05, 0.1) is 18.4 Å². The first-order chi connectivity index (χ1) is 13.1. The van der Waals surface area contributed by atoms with Gasteiger partial charge in [-0.3, -0.25) is 9.59 Å². The van der Waals surface area contributed by atoms with Gasteiger partial charge >= 0.3 is 5.97 Å². The number of ether oxygens (including phenoxy) is 2. The van der Waals surface area contributed by atoms with Crippen LogP contribution in [0.4, 0.5) is 5.69 Å². The Morgan fingerprint density at radius 1 is 1.26 bits per heavy atom. The number of anilines is 1. The van der Waals surface area contributed by atoms with E-state index in [9.17, 15) is 9.59 Å². The molecule has 0 spiro atoms. The molecule has 0 aliphatic heterocycles. The van der Waals surface area contributed by atoms with Crippen molar-refractivity contribution in [2.75, 3.05) is 19.0 Å². The number of nitrogens with one attached hydrogen (secondary N) is 1. The number of nitrogens with zero attached hydrogens (tertiary/aromatic N) is 2. The van der Waals surface area contributed by atoms with Gasteiger partial charge in [0, 0.05) is 18.2 Å². The van der Waals surface area contributed by atoms with Crippen LogP contribution in [0.25, 0.3) is 10.7 Å². The number of hydrogen-bond acceptors (Lipinski definition) is 8. The molecule has 0 unspecified atom stereocenters. The third-order valence-electron chi connectivity index (χ3n) is 3.47. The largest absolute Gasteiger partial charge is 0.497 e. The second-order valence-electron chi connectivity index (χ2n) is 5.43. The van der Waals surface area contributed by atoms with Gasteiger partial charge in [0.15, 0.2) is 6.61 Å². The van der Waals surface area contributed by atoms with Crippen LogP contribution >= 0.6 is 11.3 Å². The van der Waals surface area contributed by atoms with Gasteiger partial charge in [-0.2, -0.15) is 4.98 Å². The summed E-state index contributed by atoms with van der Waals surface area (Å²) in [7, 11) is 1.54. The van der Waals surface area contributed by atoms with Gasteiger partial charge in [-0.25, -0.2) is 0 Å². The minimum Gasteiger partial charge on any atom is -0.497 e. The summed E-state index contributed by atoms with van der Waals surface area (Å²) < 4.78 is 15.2. The lowest BCUT2D eigenvalue weighted by atomic mass is 10.3. The normalized spacial score (nSPS) is 10.4. The number of amides is 1. The molecule has 9 heteroatoms. The topological polar surface area (TPSA) is 104 Å². The van der Waals surface area contributed by atoms with Crippen molar-refractivity contribution in [2.24, 2.45) is 0 Å². The fourth-order valence-electron chi connectivity index (χ4n) is 2.19. The lowest BCUT2D eigenvalue weighted by Crippen LogP contribution is -2.21. The van der Waals surface area contributed by atoms with Gasteiger partial charge in [0.2, 0.25) is 11.7 Å². The summed E-state index contributed by atoms with van der Waals surface area (Å²) in [6, 6.07) is 10.7. The summed E-state index contributed by atoms with van der Waals surface area (Å²) in [5.41, 5.74) is 0.558. The monoisotopic (exact) mass is 387 g/mol. The maximum Gasteiger partial charge on any atom is 0.306 e.